The molecule has 0 saturated carbocycles. The van der Waals surface area contributed by atoms with Crippen LogP contribution < -0.4 is 4.74 Å². The maximum atomic E-state index is 11.5. The Bertz CT molecular complexity index is 670. The number of aliphatic hydroxyl groups excluding tert-OH is 1. The maximum Gasteiger partial charge on any atom is 0.306 e. The summed E-state index contributed by atoms with van der Waals surface area (Å²) in [6.07, 6.45) is 6.63. The van der Waals surface area contributed by atoms with Crippen molar-refractivity contribution in [3.8, 4) is 5.75 Å². The van der Waals surface area contributed by atoms with Crippen LogP contribution in [-0.2, 0) is 14.3 Å². The summed E-state index contributed by atoms with van der Waals surface area (Å²) in [5, 5.41) is 10.3. The maximum absolute atomic E-state index is 11.5. The number of carbonyl (C=O) groups is 1. The zero-order valence-corrected chi connectivity index (χ0v) is 18.6. The van der Waals surface area contributed by atoms with Crippen molar-refractivity contribution in [1.29, 1.82) is 0 Å². The topological polar surface area (TPSA) is 68.2 Å². The molecule has 1 aliphatic rings. The van der Waals surface area contributed by atoms with E-state index in [4.69, 9.17) is 14.2 Å². The lowest BCUT2D eigenvalue weighted by Gasteiger charge is -2.22. The highest BCUT2D eigenvalue weighted by molar-refractivity contribution is 5.70. The SMILES string of the molecule is CCOC(=O)CC/C=C/c1c(OCC)cccc1C(C)OCC(O)CN1CCCC1. The quantitative estimate of drug-likeness (QED) is 0.488. The smallest absolute Gasteiger partial charge is 0.306 e. The molecule has 2 unspecified atom stereocenters. The van der Waals surface area contributed by atoms with E-state index in [0.29, 0.717) is 39.2 Å². The molecule has 6 heteroatoms. The van der Waals surface area contributed by atoms with E-state index in [9.17, 15) is 9.90 Å². The van der Waals surface area contributed by atoms with E-state index in [1.165, 1.54) is 12.8 Å². The van der Waals surface area contributed by atoms with Gasteiger partial charge in [0.2, 0.25) is 0 Å². The fourth-order valence-corrected chi connectivity index (χ4v) is 3.67. The number of ether oxygens (including phenoxy) is 3. The number of benzene rings is 1. The fraction of sp³-hybridized carbons (Fsp3) is 0.625. The summed E-state index contributed by atoms with van der Waals surface area (Å²) in [6, 6.07) is 5.91. The molecule has 2 atom stereocenters. The molecule has 1 aromatic carbocycles. The van der Waals surface area contributed by atoms with Gasteiger partial charge in [-0.3, -0.25) is 4.79 Å². The summed E-state index contributed by atoms with van der Waals surface area (Å²) in [4.78, 5) is 13.8. The van der Waals surface area contributed by atoms with Crippen LogP contribution in [0.4, 0.5) is 0 Å². The van der Waals surface area contributed by atoms with E-state index >= 15 is 0 Å². The minimum atomic E-state index is -0.496. The molecule has 6 nitrogen and oxygen atoms in total. The average molecular weight is 420 g/mol. The van der Waals surface area contributed by atoms with Crippen LogP contribution in [0.15, 0.2) is 24.3 Å². The second-order valence-electron chi connectivity index (χ2n) is 7.58. The number of esters is 1. The van der Waals surface area contributed by atoms with Crippen molar-refractivity contribution in [2.75, 3.05) is 39.5 Å². The zero-order valence-electron chi connectivity index (χ0n) is 18.6. The Morgan fingerprint density at radius 2 is 2.00 bits per heavy atom. The van der Waals surface area contributed by atoms with Gasteiger partial charge in [0.15, 0.2) is 0 Å². The van der Waals surface area contributed by atoms with Crippen LogP contribution in [0.5, 0.6) is 5.75 Å². The third-order valence-electron chi connectivity index (χ3n) is 5.15. The second kappa shape index (κ2) is 13.4. The molecular formula is C24H37NO5. The highest BCUT2D eigenvalue weighted by Gasteiger charge is 2.18. The van der Waals surface area contributed by atoms with E-state index in [-0.39, 0.29) is 12.1 Å². The molecular weight excluding hydrogens is 382 g/mol. The molecule has 0 radical (unpaired) electrons. The Labute approximate surface area is 180 Å². The van der Waals surface area contributed by atoms with E-state index in [2.05, 4.69) is 4.90 Å². The van der Waals surface area contributed by atoms with Gasteiger partial charge in [0.1, 0.15) is 5.75 Å². The lowest BCUT2D eigenvalue weighted by molar-refractivity contribution is -0.142. The molecule has 1 aliphatic heterocycles. The summed E-state index contributed by atoms with van der Waals surface area (Å²) in [6.45, 7) is 9.79. The Kier molecular flexibility index (Phi) is 10.9. The molecule has 1 aromatic rings. The molecule has 0 amide bonds. The predicted octanol–water partition coefficient (Wildman–Crippen LogP) is 3.98. The summed E-state index contributed by atoms with van der Waals surface area (Å²) in [5.74, 6) is 0.597. The number of rotatable bonds is 13. The Morgan fingerprint density at radius 1 is 1.23 bits per heavy atom. The van der Waals surface area contributed by atoms with Crippen molar-refractivity contribution in [3.63, 3.8) is 0 Å². The number of aliphatic hydroxyl groups is 1. The number of hydrogen-bond acceptors (Lipinski definition) is 6. The molecule has 1 fully saturated rings. The van der Waals surface area contributed by atoms with Crippen LogP contribution in [0.2, 0.25) is 0 Å². The first kappa shape index (κ1) is 24.4. The number of nitrogens with zero attached hydrogens (tertiary/aromatic N) is 1. The molecule has 168 valence electrons. The van der Waals surface area contributed by atoms with E-state index in [1.54, 1.807) is 0 Å². The average Bonchev–Trinajstić information content (AvgIpc) is 3.23. The zero-order chi connectivity index (χ0) is 21.8. The number of allylic oxidation sites excluding steroid dienone is 1. The van der Waals surface area contributed by atoms with Crippen LogP contribution in [0.1, 0.15) is 63.7 Å². The van der Waals surface area contributed by atoms with Gasteiger partial charge in [0.25, 0.3) is 0 Å². The number of β-amino-alcohol motifs (C(OH)–C–C–N with tert-alkyl or cyclic N) is 1. The first-order chi connectivity index (χ1) is 14.5. The Hall–Kier alpha value is -1.89. The molecule has 1 saturated heterocycles. The molecule has 0 aromatic heterocycles. The summed E-state index contributed by atoms with van der Waals surface area (Å²) >= 11 is 0. The van der Waals surface area contributed by atoms with Gasteiger partial charge in [-0.2, -0.15) is 0 Å². The van der Waals surface area contributed by atoms with Gasteiger partial charge in [-0.05, 0) is 64.8 Å². The Morgan fingerprint density at radius 3 is 2.70 bits per heavy atom. The van der Waals surface area contributed by atoms with Crippen LogP contribution in [-0.4, -0.2) is 61.5 Å². The second-order valence-corrected chi connectivity index (χ2v) is 7.58. The number of hydrogen-bond donors (Lipinski definition) is 1. The molecule has 1 heterocycles. The van der Waals surface area contributed by atoms with Crippen molar-refractivity contribution in [2.24, 2.45) is 0 Å². The monoisotopic (exact) mass is 419 g/mol. The van der Waals surface area contributed by atoms with Gasteiger partial charge in [-0.25, -0.2) is 0 Å². The van der Waals surface area contributed by atoms with Gasteiger partial charge in [0.05, 0.1) is 32.0 Å². The van der Waals surface area contributed by atoms with Crippen LogP contribution in [0.25, 0.3) is 6.08 Å². The summed E-state index contributed by atoms with van der Waals surface area (Å²) in [7, 11) is 0. The lowest BCUT2D eigenvalue weighted by Crippen LogP contribution is -2.33. The molecule has 0 spiro atoms. The number of carbonyl (C=O) groups excluding carboxylic acids is 1. The minimum Gasteiger partial charge on any atom is -0.493 e. The summed E-state index contributed by atoms with van der Waals surface area (Å²) in [5.41, 5.74) is 1.95. The predicted molar refractivity (Wildman–Crippen MR) is 119 cm³/mol. The van der Waals surface area contributed by atoms with Gasteiger partial charge in [-0.1, -0.05) is 24.3 Å². The van der Waals surface area contributed by atoms with Crippen LogP contribution >= 0.6 is 0 Å². The molecule has 2 rings (SSSR count). The first-order valence-electron chi connectivity index (χ1n) is 11.1. The molecule has 0 aliphatic carbocycles. The van der Waals surface area contributed by atoms with Gasteiger partial charge < -0.3 is 24.2 Å². The molecule has 1 N–H and O–H groups in total. The third kappa shape index (κ3) is 8.09. The van der Waals surface area contributed by atoms with E-state index in [1.807, 2.05) is 51.1 Å². The van der Waals surface area contributed by atoms with Crippen molar-refractivity contribution >= 4 is 12.0 Å². The molecule has 30 heavy (non-hydrogen) atoms. The van der Waals surface area contributed by atoms with E-state index in [0.717, 1.165) is 30.0 Å². The van der Waals surface area contributed by atoms with Gasteiger partial charge in [0, 0.05) is 18.5 Å². The van der Waals surface area contributed by atoms with Crippen molar-refractivity contribution in [2.45, 2.75) is 58.7 Å². The van der Waals surface area contributed by atoms with E-state index < -0.39 is 6.10 Å². The van der Waals surface area contributed by atoms with Gasteiger partial charge in [-0.15, -0.1) is 0 Å². The van der Waals surface area contributed by atoms with Gasteiger partial charge >= 0.3 is 5.97 Å². The normalized spacial score (nSPS) is 16.7. The highest BCUT2D eigenvalue weighted by atomic mass is 16.5. The fourth-order valence-electron chi connectivity index (χ4n) is 3.67. The standard InChI is InChI=1S/C24H37NO5/c1-4-28-23-13-10-12-21(22(23)11-6-7-14-24(27)29-5-2)19(3)30-18-20(26)17-25-15-8-9-16-25/h6,10-13,19-20,26H,4-5,7-9,14-18H2,1-3H3/b11-6+. The number of likely N-dealkylation sites (tertiary alicyclic amines) is 1. The minimum absolute atomic E-state index is 0.191. The van der Waals surface area contributed by atoms with Crippen molar-refractivity contribution in [1.82, 2.24) is 4.90 Å². The Balaban J connectivity index is 2.00. The lowest BCUT2D eigenvalue weighted by atomic mass is 10.0. The highest BCUT2D eigenvalue weighted by Crippen LogP contribution is 2.30. The van der Waals surface area contributed by atoms with Crippen molar-refractivity contribution < 1.29 is 24.1 Å². The first-order valence-corrected chi connectivity index (χ1v) is 11.1. The van der Waals surface area contributed by atoms with Crippen LogP contribution in [0.3, 0.4) is 0 Å². The van der Waals surface area contributed by atoms with Crippen LogP contribution in [0, 0.1) is 0 Å². The third-order valence-corrected chi connectivity index (χ3v) is 5.15. The largest absolute Gasteiger partial charge is 0.493 e. The summed E-state index contributed by atoms with van der Waals surface area (Å²) < 4.78 is 16.8. The van der Waals surface area contributed by atoms with Crippen molar-refractivity contribution in [3.05, 3.63) is 35.4 Å². The molecule has 0 bridgehead atoms.